The molecule has 7 heteroatoms. The molecule has 0 saturated heterocycles. The van der Waals surface area contributed by atoms with E-state index < -0.39 is 0 Å². The second kappa shape index (κ2) is 4.40. The van der Waals surface area contributed by atoms with Crippen LogP contribution in [0.15, 0.2) is 11.0 Å². The van der Waals surface area contributed by atoms with Crippen molar-refractivity contribution in [3.8, 4) is 6.07 Å². The Kier molecular flexibility index (Phi) is 2.65. The highest BCUT2D eigenvalue weighted by Crippen LogP contribution is 2.64. The largest absolute Gasteiger partial charge is 0.330 e. The van der Waals surface area contributed by atoms with Crippen LogP contribution in [0.1, 0.15) is 38.5 Å². The molecule has 6 nitrogen and oxygen atoms in total. The van der Waals surface area contributed by atoms with E-state index in [1.807, 2.05) is 4.57 Å². The quantitative estimate of drug-likeness (QED) is 0.746. The average molecular weight is 344 g/mol. The fraction of sp³-hybridized carbons (Fsp3) is 0.647. The van der Waals surface area contributed by atoms with Gasteiger partial charge in [0, 0.05) is 7.05 Å². The molecule has 0 amide bonds. The van der Waals surface area contributed by atoms with Gasteiger partial charge < -0.3 is 0 Å². The Labute approximate surface area is 144 Å². The van der Waals surface area contributed by atoms with E-state index >= 15 is 0 Å². The Hall–Kier alpha value is -1.87. The zero-order valence-corrected chi connectivity index (χ0v) is 14.3. The summed E-state index contributed by atoms with van der Waals surface area (Å²) in [5.74, 6) is 1.07. The van der Waals surface area contributed by atoms with Crippen molar-refractivity contribution in [3.63, 3.8) is 0 Å². The van der Waals surface area contributed by atoms with Crippen LogP contribution in [-0.2, 0) is 12.6 Å². The van der Waals surface area contributed by atoms with Gasteiger partial charge in [-0.1, -0.05) is 0 Å². The Bertz CT molecular complexity index is 954. The van der Waals surface area contributed by atoms with Gasteiger partial charge in [0.2, 0.25) is 5.28 Å². The van der Waals surface area contributed by atoms with Crippen molar-refractivity contribution in [2.24, 2.45) is 24.3 Å². The molecule has 6 rings (SSSR count). The third kappa shape index (κ3) is 1.68. The topological polar surface area (TPSA) is 76.5 Å². The SMILES string of the molecule is Cn1c(=O)n(C23CC4CC(CC(C#N)(C4)C2)C3)c2nc(Cl)ncc21. The zero-order valence-electron chi connectivity index (χ0n) is 13.5. The molecule has 4 fully saturated rings. The molecule has 24 heavy (non-hydrogen) atoms. The predicted octanol–water partition coefficient (Wildman–Crippen LogP) is 2.60. The molecule has 4 saturated carbocycles. The molecule has 2 heterocycles. The Morgan fingerprint density at radius 1 is 1.33 bits per heavy atom. The normalized spacial score (nSPS) is 37.0. The first-order chi connectivity index (χ1) is 11.5. The highest BCUT2D eigenvalue weighted by molar-refractivity contribution is 6.28. The maximum atomic E-state index is 13.0. The van der Waals surface area contributed by atoms with Crippen molar-refractivity contribution in [1.29, 1.82) is 5.26 Å². The molecule has 4 aliphatic carbocycles. The summed E-state index contributed by atoms with van der Waals surface area (Å²) in [4.78, 5) is 21.4. The fourth-order valence-electron chi connectivity index (χ4n) is 6.12. The van der Waals surface area contributed by atoms with Crippen molar-refractivity contribution in [3.05, 3.63) is 22.0 Å². The molecule has 2 aromatic heterocycles. The number of fused-ring (bicyclic) bond motifs is 1. The number of hydrogen-bond acceptors (Lipinski definition) is 4. The number of nitriles is 1. The van der Waals surface area contributed by atoms with Gasteiger partial charge in [-0.3, -0.25) is 9.13 Å². The summed E-state index contributed by atoms with van der Waals surface area (Å²) in [7, 11) is 1.75. The number of imidazole rings is 1. The second-order valence-corrected chi connectivity index (χ2v) is 8.44. The molecule has 0 radical (unpaired) electrons. The van der Waals surface area contributed by atoms with E-state index in [9.17, 15) is 10.1 Å². The van der Waals surface area contributed by atoms with Gasteiger partial charge in [0.25, 0.3) is 0 Å². The summed E-state index contributed by atoms with van der Waals surface area (Å²) in [6.07, 6.45) is 7.46. The number of aryl methyl sites for hydroxylation is 1. The maximum Gasteiger partial charge on any atom is 0.330 e. The molecule has 0 N–H and O–H groups in total. The molecule has 0 aliphatic heterocycles. The number of aromatic nitrogens is 4. The lowest BCUT2D eigenvalue weighted by atomic mass is 9.47. The summed E-state index contributed by atoms with van der Waals surface area (Å²) in [5, 5.41) is 9.99. The number of halogens is 1. The zero-order chi connectivity index (χ0) is 16.7. The van der Waals surface area contributed by atoms with Crippen LogP contribution in [0.2, 0.25) is 5.28 Å². The highest BCUT2D eigenvalue weighted by atomic mass is 35.5. The van der Waals surface area contributed by atoms with Crippen molar-refractivity contribution in [2.75, 3.05) is 0 Å². The van der Waals surface area contributed by atoms with Crippen molar-refractivity contribution < 1.29 is 0 Å². The first-order valence-electron chi connectivity index (χ1n) is 8.47. The summed E-state index contributed by atoms with van der Waals surface area (Å²) < 4.78 is 3.45. The molecule has 4 bridgehead atoms. The molecule has 0 aromatic carbocycles. The Balaban J connectivity index is 1.79. The van der Waals surface area contributed by atoms with Crippen LogP contribution in [-0.4, -0.2) is 19.1 Å². The first-order valence-corrected chi connectivity index (χ1v) is 8.85. The minimum Gasteiger partial charge on any atom is -0.292 e. The average Bonchev–Trinajstić information content (AvgIpc) is 2.77. The van der Waals surface area contributed by atoms with E-state index in [0.29, 0.717) is 23.0 Å². The van der Waals surface area contributed by atoms with Crippen LogP contribution in [0.5, 0.6) is 0 Å². The van der Waals surface area contributed by atoms with Crippen LogP contribution < -0.4 is 5.69 Å². The van der Waals surface area contributed by atoms with E-state index in [4.69, 9.17) is 11.6 Å². The van der Waals surface area contributed by atoms with Crippen LogP contribution in [0.3, 0.4) is 0 Å². The van der Waals surface area contributed by atoms with Crippen molar-refractivity contribution >= 4 is 22.8 Å². The van der Waals surface area contributed by atoms with E-state index in [-0.39, 0.29) is 21.9 Å². The third-order valence-electron chi connectivity index (χ3n) is 6.51. The van der Waals surface area contributed by atoms with Gasteiger partial charge in [-0.2, -0.15) is 10.2 Å². The lowest BCUT2D eigenvalue weighted by Crippen LogP contribution is -2.58. The highest BCUT2D eigenvalue weighted by Gasteiger charge is 2.59. The van der Waals surface area contributed by atoms with E-state index in [0.717, 1.165) is 32.1 Å². The van der Waals surface area contributed by atoms with Gasteiger partial charge in [0.15, 0.2) is 5.65 Å². The Morgan fingerprint density at radius 2 is 2.04 bits per heavy atom. The van der Waals surface area contributed by atoms with Gasteiger partial charge >= 0.3 is 5.69 Å². The summed E-state index contributed by atoms with van der Waals surface area (Å²) in [5.41, 5.74) is 0.664. The van der Waals surface area contributed by atoms with E-state index in [1.54, 1.807) is 17.8 Å². The first kappa shape index (κ1) is 14.5. The molecule has 2 aromatic rings. The molecule has 4 aliphatic rings. The smallest absolute Gasteiger partial charge is 0.292 e. The predicted molar refractivity (Wildman–Crippen MR) is 88.5 cm³/mol. The van der Waals surface area contributed by atoms with Gasteiger partial charge in [-0.05, 0) is 62.0 Å². The molecule has 124 valence electrons. The molecular weight excluding hydrogens is 326 g/mol. The van der Waals surface area contributed by atoms with Crippen molar-refractivity contribution in [1.82, 2.24) is 19.1 Å². The Morgan fingerprint density at radius 3 is 2.71 bits per heavy atom. The van der Waals surface area contributed by atoms with Gasteiger partial charge in [0.05, 0.1) is 23.2 Å². The van der Waals surface area contributed by atoms with E-state index in [2.05, 4.69) is 16.0 Å². The van der Waals surface area contributed by atoms with Crippen LogP contribution >= 0.6 is 11.6 Å². The minimum absolute atomic E-state index is 0.0726. The lowest BCUT2D eigenvalue weighted by Gasteiger charge is -2.59. The van der Waals surface area contributed by atoms with Crippen LogP contribution in [0.25, 0.3) is 11.2 Å². The summed E-state index contributed by atoms with van der Waals surface area (Å²) >= 11 is 6.02. The lowest BCUT2D eigenvalue weighted by molar-refractivity contribution is -0.0746. The monoisotopic (exact) mass is 343 g/mol. The standard InChI is InChI=1S/C17H18ClN5O/c1-22-12-7-20-14(18)21-13(12)23(15(22)24)17-5-10-2-11(6-17)4-16(3-10,8-17)9-19/h7,10-11H,2-6,8H2,1H3. The summed E-state index contributed by atoms with van der Waals surface area (Å²) in [6.45, 7) is 0. The number of nitrogens with zero attached hydrogens (tertiary/aromatic N) is 5. The van der Waals surface area contributed by atoms with Crippen LogP contribution in [0.4, 0.5) is 0 Å². The number of hydrogen-bond donors (Lipinski definition) is 0. The van der Waals surface area contributed by atoms with Gasteiger partial charge in [-0.15, -0.1) is 0 Å². The fourth-order valence-corrected chi connectivity index (χ4v) is 6.25. The minimum atomic E-state index is -0.298. The third-order valence-corrected chi connectivity index (χ3v) is 6.70. The maximum absolute atomic E-state index is 13.0. The van der Waals surface area contributed by atoms with E-state index in [1.165, 1.54) is 6.42 Å². The van der Waals surface area contributed by atoms with Crippen molar-refractivity contribution in [2.45, 2.75) is 44.1 Å². The number of rotatable bonds is 1. The summed E-state index contributed by atoms with van der Waals surface area (Å²) in [6, 6.07) is 2.61. The molecule has 2 unspecified atom stereocenters. The molecular formula is C17H18ClN5O. The molecule has 0 spiro atoms. The second-order valence-electron chi connectivity index (χ2n) is 8.10. The molecule has 2 atom stereocenters. The van der Waals surface area contributed by atoms with Gasteiger partial charge in [0.1, 0.15) is 5.52 Å². The van der Waals surface area contributed by atoms with Crippen LogP contribution in [0, 0.1) is 28.6 Å². The van der Waals surface area contributed by atoms with Gasteiger partial charge in [-0.25, -0.2) is 9.78 Å².